The van der Waals surface area contributed by atoms with Gasteiger partial charge in [-0.25, -0.2) is 0 Å². The fraction of sp³-hybridized carbons (Fsp3) is 0.111. The van der Waals surface area contributed by atoms with E-state index in [9.17, 15) is 9.59 Å². The van der Waals surface area contributed by atoms with Gasteiger partial charge in [0.05, 0.1) is 43.9 Å². The molecule has 2 amide bonds. The summed E-state index contributed by atoms with van der Waals surface area (Å²) in [6, 6.07) is 7.08. The number of benzene rings is 2. The first-order chi connectivity index (χ1) is 13.8. The highest BCUT2D eigenvalue weighted by molar-refractivity contribution is 6.55. The molecule has 0 bridgehead atoms. The maximum absolute atomic E-state index is 12.8. The lowest BCUT2D eigenvalue weighted by Crippen LogP contribution is -2.29. The van der Waals surface area contributed by atoms with Crippen molar-refractivity contribution in [2.45, 2.75) is 6.54 Å². The minimum absolute atomic E-state index is 0.0323. The van der Waals surface area contributed by atoms with Gasteiger partial charge in [0, 0.05) is 0 Å². The van der Waals surface area contributed by atoms with E-state index in [1.807, 2.05) is 0 Å². The molecule has 11 heteroatoms. The van der Waals surface area contributed by atoms with Gasteiger partial charge in [0.15, 0.2) is 0 Å². The van der Waals surface area contributed by atoms with Gasteiger partial charge in [-0.05, 0) is 12.1 Å². The summed E-state index contributed by atoms with van der Waals surface area (Å²) in [5.74, 6) is -0.551. The van der Waals surface area contributed by atoms with E-state index < -0.39 is 11.8 Å². The lowest BCUT2D eigenvalue weighted by Gasteiger charge is -2.10. The number of ether oxygens (including phenoxy) is 1. The van der Waals surface area contributed by atoms with Crippen molar-refractivity contribution in [1.82, 2.24) is 15.0 Å². The van der Waals surface area contributed by atoms with E-state index >= 15 is 0 Å². The van der Waals surface area contributed by atoms with Crippen LogP contribution in [0.15, 0.2) is 28.8 Å². The highest BCUT2D eigenvalue weighted by atomic mass is 35.5. The van der Waals surface area contributed by atoms with E-state index in [0.29, 0.717) is 11.3 Å². The monoisotopic (exact) mass is 471 g/mol. The van der Waals surface area contributed by atoms with Gasteiger partial charge in [-0.2, -0.15) is 4.98 Å². The van der Waals surface area contributed by atoms with Crippen LogP contribution in [0.5, 0.6) is 5.75 Å². The Bertz CT molecular complexity index is 1130. The Hall–Kier alpha value is -2.32. The Balaban J connectivity index is 1.67. The molecule has 1 aromatic heterocycles. The molecular weight excluding hydrogens is 464 g/mol. The molecule has 0 N–H and O–H groups in total. The maximum Gasteiger partial charge on any atom is 0.263 e. The third-order valence-corrected chi connectivity index (χ3v) is 6.10. The molecule has 0 saturated carbocycles. The summed E-state index contributed by atoms with van der Waals surface area (Å²) in [5.41, 5.74) is 0.373. The van der Waals surface area contributed by atoms with Gasteiger partial charge in [0.1, 0.15) is 12.3 Å². The second-order valence-corrected chi connectivity index (χ2v) is 7.43. The number of hydrogen-bond acceptors (Lipinski definition) is 6. The average Bonchev–Trinajstić information content (AvgIpc) is 3.29. The minimum Gasteiger partial charge on any atom is -0.496 e. The highest BCUT2D eigenvalue weighted by Gasteiger charge is 2.42. The first-order valence-electron chi connectivity index (χ1n) is 8.03. The van der Waals surface area contributed by atoms with Crippen molar-refractivity contribution >= 4 is 58.2 Å². The van der Waals surface area contributed by atoms with Crippen LogP contribution in [0.3, 0.4) is 0 Å². The van der Waals surface area contributed by atoms with Crippen LogP contribution in [0.1, 0.15) is 26.6 Å². The third-order valence-electron chi connectivity index (χ3n) is 4.29. The lowest BCUT2D eigenvalue weighted by atomic mass is 10.1. The summed E-state index contributed by atoms with van der Waals surface area (Å²) < 4.78 is 10.5. The Labute approximate surface area is 184 Å². The molecule has 2 heterocycles. The number of amides is 2. The molecular formula is C18H9Cl4N3O4. The standard InChI is InChI=1S/C18H9Cl4N3O4/c1-28-8-5-3-2-4-7(8)16-23-9(29-24-16)6-25-17(26)10-11(18(25)27)13(20)15(22)14(21)12(10)19/h2-5H,6H2,1H3. The van der Waals surface area contributed by atoms with Gasteiger partial charge in [0.25, 0.3) is 11.8 Å². The quantitative estimate of drug-likeness (QED) is 0.296. The highest BCUT2D eigenvalue weighted by Crippen LogP contribution is 2.45. The van der Waals surface area contributed by atoms with E-state index in [-0.39, 0.29) is 49.5 Å². The van der Waals surface area contributed by atoms with Crippen molar-refractivity contribution in [2.24, 2.45) is 0 Å². The van der Waals surface area contributed by atoms with Gasteiger partial charge in [-0.3, -0.25) is 14.5 Å². The number of para-hydroxylation sites is 1. The average molecular weight is 473 g/mol. The Kier molecular flexibility index (Phi) is 5.16. The van der Waals surface area contributed by atoms with Gasteiger partial charge >= 0.3 is 0 Å². The number of hydrogen-bond donors (Lipinski definition) is 0. The first-order valence-corrected chi connectivity index (χ1v) is 9.54. The van der Waals surface area contributed by atoms with Crippen LogP contribution in [-0.4, -0.2) is 34.0 Å². The smallest absolute Gasteiger partial charge is 0.263 e. The number of aromatic nitrogens is 2. The van der Waals surface area contributed by atoms with Crippen molar-refractivity contribution in [3.05, 3.63) is 61.4 Å². The number of nitrogens with zero attached hydrogens (tertiary/aromatic N) is 3. The molecule has 0 radical (unpaired) electrons. The normalized spacial score (nSPS) is 13.2. The maximum atomic E-state index is 12.8. The van der Waals surface area contributed by atoms with Crippen molar-refractivity contribution in [3.8, 4) is 17.1 Å². The van der Waals surface area contributed by atoms with Crippen molar-refractivity contribution in [3.63, 3.8) is 0 Å². The summed E-state index contributed by atoms with van der Waals surface area (Å²) in [6.07, 6.45) is 0. The van der Waals surface area contributed by atoms with Crippen LogP contribution < -0.4 is 4.74 Å². The van der Waals surface area contributed by atoms with Crippen LogP contribution in [0.2, 0.25) is 20.1 Å². The first kappa shape index (κ1) is 20.0. The summed E-state index contributed by atoms with van der Waals surface area (Å²) in [7, 11) is 1.52. The summed E-state index contributed by atoms with van der Waals surface area (Å²) in [4.78, 5) is 30.7. The van der Waals surface area contributed by atoms with E-state index in [2.05, 4.69) is 10.1 Å². The molecule has 1 aliphatic heterocycles. The van der Waals surface area contributed by atoms with Crippen LogP contribution in [0, 0.1) is 0 Å². The molecule has 0 atom stereocenters. The van der Waals surface area contributed by atoms with Crippen LogP contribution in [-0.2, 0) is 6.54 Å². The Morgan fingerprint density at radius 3 is 2.14 bits per heavy atom. The molecule has 1 aliphatic rings. The molecule has 0 aliphatic carbocycles. The molecule has 2 aromatic carbocycles. The number of fused-ring (bicyclic) bond motifs is 1. The predicted octanol–water partition coefficient (Wildman–Crippen LogP) is 5.16. The van der Waals surface area contributed by atoms with Crippen LogP contribution in [0.4, 0.5) is 0 Å². The second-order valence-electron chi connectivity index (χ2n) is 5.91. The molecule has 0 spiro atoms. The van der Waals surface area contributed by atoms with E-state index in [4.69, 9.17) is 55.7 Å². The zero-order valence-electron chi connectivity index (χ0n) is 14.5. The molecule has 3 aromatic rings. The fourth-order valence-electron chi connectivity index (χ4n) is 2.93. The zero-order chi connectivity index (χ0) is 20.9. The lowest BCUT2D eigenvalue weighted by molar-refractivity contribution is 0.0625. The van der Waals surface area contributed by atoms with Crippen LogP contribution >= 0.6 is 46.4 Å². The van der Waals surface area contributed by atoms with Crippen molar-refractivity contribution < 1.29 is 18.8 Å². The van der Waals surface area contributed by atoms with Gasteiger partial charge in [-0.15, -0.1) is 0 Å². The molecule has 0 unspecified atom stereocenters. The number of rotatable bonds is 4. The third kappa shape index (κ3) is 3.14. The fourth-order valence-corrected chi connectivity index (χ4v) is 3.95. The van der Waals surface area contributed by atoms with Gasteiger partial charge < -0.3 is 9.26 Å². The summed E-state index contributed by atoms with van der Waals surface area (Å²) in [5, 5.41) is 3.41. The molecule has 29 heavy (non-hydrogen) atoms. The van der Waals surface area contributed by atoms with E-state index in [1.54, 1.807) is 24.3 Å². The van der Waals surface area contributed by atoms with Gasteiger partial charge in [-0.1, -0.05) is 63.7 Å². The second kappa shape index (κ2) is 7.50. The number of methoxy groups -OCH3 is 1. The largest absolute Gasteiger partial charge is 0.496 e. The number of halogens is 4. The SMILES string of the molecule is COc1ccccc1-c1noc(CN2C(=O)c3c(Cl)c(Cl)c(Cl)c(Cl)c3C2=O)n1. The number of carbonyl (C=O) groups is 2. The number of carbonyl (C=O) groups excluding carboxylic acids is 2. The van der Waals surface area contributed by atoms with E-state index in [1.165, 1.54) is 7.11 Å². The van der Waals surface area contributed by atoms with Crippen LogP contribution in [0.25, 0.3) is 11.4 Å². The van der Waals surface area contributed by atoms with Crippen molar-refractivity contribution in [2.75, 3.05) is 7.11 Å². The topological polar surface area (TPSA) is 85.5 Å². The summed E-state index contributed by atoms with van der Waals surface area (Å²) in [6.45, 7) is -0.281. The molecule has 0 saturated heterocycles. The number of imide groups is 1. The Morgan fingerprint density at radius 2 is 1.55 bits per heavy atom. The molecule has 0 fully saturated rings. The zero-order valence-corrected chi connectivity index (χ0v) is 17.5. The molecule has 4 rings (SSSR count). The molecule has 7 nitrogen and oxygen atoms in total. The predicted molar refractivity (Wildman–Crippen MR) is 107 cm³/mol. The summed E-state index contributed by atoms with van der Waals surface area (Å²) >= 11 is 24.3. The van der Waals surface area contributed by atoms with Crippen molar-refractivity contribution in [1.29, 1.82) is 0 Å². The minimum atomic E-state index is -0.687. The van der Waals surface area contributed by atoms with Gasteiger partial charge in [0.2, 0.25) is 11.7 Å². The molecule has 148 valence electrons. The van der Waals surface area contributed by atoms with E-state index in [0.717, 1.165) is 4.90 Å². The Morgan fingerprint density at radius 1 is 0.966 bits per heavy atom.